The summed E-state index contributed by atoms with van der Waals surface area (Å²) >= 11 is 0. The Bertz CT molecular complexity index is 1260. The van der Waals surface area contributed by atoms with E-state index in [4.69, 9.17) is 10.5 Å². The highest BCUT2D eigenvalue weighted by molar-refractivity contribution is 6.05. The number of alkyl carbamates (subject to hydrolysis) is 1. The molecule has 2 amide bonds. The lowest BCUT2D eigenvalue weighted by atomic mass is 10.1. The number of pyridine rings is 2. The van der Waals surface area contributed by atoms with E-state index in [1.165, 1.54) is 0 Å². The summed E-state index contributed by atoms with van der Waals surface area (Å²) in [5.41, 5.74) is 9.94. The van der Waals surface area contributed by atoms with E-state index < -0.39 is 6.09 Å². The summed E-state index contributed by atoms with van der Waals surface area (Å²) in [6, 6.07) is 25.4. The molecule has 2 heterocycles. The summed E-state index contributed by atoms with van der Waals surface area (Å²) in [5, 5.41) is 5.44. The third-order valence-corrected chi connectivity index (χ3v) is 4.96. The van der Waals surface area contributed by atoms with Gasteiger partial charge in [0.05, 0.1) is 17.1 Å². The molecule has 0 aliphatic rings. The van der Waals surface area contributed by atoms with Crippen LogP contribution in [0.5, 0.6) is 0 Å². The molecule has 0 unspecified atom stereocenters. The number of rotatable bonds is 7. The number of amides is 2. The fourth-order valence-corrected chi connectivity index (χ4v) is 3.14. The van der Waals surface area contributed by atoms with Crippen molar-refractivity contribution in [2.45, 2.75) is 13.2 Å². The molecule has 34 heavy (non-hydrogen) atoms. The van der Waals surface area contributed by atoms with Crippen molar-refractivity contribution < 1.29 is 14.3 Å². The quantitative estimate of drug-likeness (QED) is 0.381. The zero-order valence-corrected chi connectivity index (χ0v) is 18.3. The monoisotopic (exact) mass is 453 g/mol. The molecule has 170 valence electrons. The first-order valence-electron chi connectivity index (χ1n) is 10.6. The normalized spacial score (nSPS) is 10.4. The zero-order chi connectivity index (χ0) is 23.8. The number of ether oxygens (including phenoxy) is 1. The molecule has 0 spiro atoms. The van der Waals surface area contributed by atoms with Gasteiger partial charge in [-0.2, -0.15) is 0 Å². The minimum atomic E-state index is -0.549. The second-order valence-corrected chi connectivity index (χ2v) is 7.40. The van der Waals surface area contributed by atoms with Gasteiger partial charge in [-0.3, -0.25) is 9.78 Å². The molecule has 2 aromatic carbocycles. The molecule has 0 bridgehead atoms. The average Bonchev–Trinajstić information content (AvgIpc) is 2.89. The molecule has 4 rings (SSSR count). The molecule has 0 aliphatic carbocycles. The Kier molecular flexibility index (Phi) is 7.09. The van der Waals surface area contributed by atoms with E-state index in [-0.39, 0.29) is 19.1 Å². The van der Waals surface area contributed by atoms with Crippen molar-refractivity contribution in [3.05, 3.63) is 108 Å². The molecule has 8 nitrogen and oxygen atoms in total. The lowest BCUT2D eigenvalue weighted by Crippen LogP contribution is -2.23. The number of carbonyl (C=O) groups excluding carboxylic acids is 2. The van der Waals surface area contributed by atoms with Gasteiger partial charge in [-0.25, -0.2) is 9.78 Å². The first kappa shape index (κ1) is 22.5. The number of aromatic nitrogens is 2. The third kappa shape index (κ3) is 5.95. The van der Waals surface area contributed by atoms with Crippen molar-refractivity contribution in [2.24, 2.45) is 0 Å². The Balaban J connectivity index is 1.32. The van der Waals surface area contributed by atoms with Crippen molar-refractivity contribution >= 4 is 23.5 Å². The van der Waals surface area contributed by atoms with Crippen molar-refractivity contribution in [1.29, 1.82) is 0 Å². The van der Waals surface area contributed by atoms with Crippen LogP contribution in [0, 0.1) is 0 Å². The standard InChI is InChI=1S/C26H23N5O3/c27-22-13-14-23(19-6-2-1-3-7-19)30-24(22)31-25(32)20-11-9-18(10-12-20)16-29-26(33)34-17-21-8-4-5-15-28-21/h1-15H,16-17,27H2,(H,29,33)(H,30,31,32). The van der Waals surface area contributed by atoms with Gasteiger partial charge in [-0.1, -0.05) is 48.5 Å². The zero-order valence-electron chi connectivity index (χ0n) is 18.3. The summed E-state index contributed by atoms with van der Waals surface area (Å²) in [7, 11) is 0. The Morgan fingerprint density at radius 2 is 1.65 bits per heavy atom. The predicted octanol–water partition coefficient (Wildman–Crippen LogP) is 4.40. The van der Waals surface area contributed by atoms with Crippen molar-refractivity contribution in [2.75, 3.05) is 11.1 Å². The van der Waals surface area contributed by atoms with E-state index in [0.717, 1.165) is 11.1 Å². The second-order valence-electron chi connectivity index (χ2n) is 7.40. The maximum Gasteiger partial charge on any atom is 0.407 e. The number of nitrogen functional groups attached to an aromatic ring is 1. The van der Waals surface area contributed by atoms with Crippen molar-refractivity contribution in [3.8, 4) is 11.3 Å². The summed E-state index contributed by atoms with van der Waals surface area (Å²) in [6.45, 7) is 0.352. The van der Waals surface area contributed by atoms with Crippen LogP contribution in [0.15, 0.2) is 91.1 Å². The minimum Gasteiger partial charge on any atom is -0.443 e. The van der Waals surface area contributed by atoms with Gasteiger partial charge in [0.1, 0.15) is 6.61 Å². The molecule has 0 fully saturated rings. The van der Waals surface area contributed by atoms with Crippen LogP contribution < -0.4 is 16.4 Å². The summed E-state index contributed by atoms with van der Waals surface area (Å²) in [6.07, 6.45) is 1.09. The highest BCUT2D eigenvalue weighted by Crippen LogP contribution is 2.23. The number of benzene rings is 2. The van der Waals surface area contributed by atoms with E-state index in [1.807, 2.05) is 42.5 Å². The Morgan fingerprint density at radius 1 is 0.882 bits per heavy atom. The Labute approximate surface area is 196 Å². The Hall–Kier alpha value is -4.72. The molecule has 0 atom stereocenters. The lowest BCUT2D eigenvalue weighted by Gasteiger charge is -2.10. The smallest absolute Gasteiger partial charge is 0.407 e. The maximum absolute atomic E-state index is 12.7. The van der Waals surface area contributed by atoms with E-state index in [2.05, 4.69) is 20.6 Å². The Morgan fingerprint density at radius 3 is 2.38 bits per heavy atom. The van der Waals surface area contributed by atoms with E-state index in [0.29, 0.717) is 28.5 Å². The fraction of sp³-hybridized carbons (Fsp3) is 0.0769. The molecule has 8 heteroatoms. The molecular weight excluding hydrogens is 430 g/mol. The van der Waals surface area contributed by atoms with Gasteiger partial charge in [0, 0.05) is 23.9 Å². The van der Waals surface area contributed by atoms with Gasteiger partial charge in [-0.05, 0) is 42.0 Å². The van der Waals surface area contributed by atoms with Gasteiger partial charge >= 0.3 is 6.09 Å². The van der Waals surface area contributed by atoms with Crippen LogP contribution in [0.1, 0.15) is 21.6 Å². The first-order valence-corrected chi connectivity index (χ1v) is 10.6. The van der Waals surface area contributed by atoms with Gasteiger partial charge in [0.2, 0.25) is 0 Å². The highest BCUT2D eigenvalue weighted by Gasteiger charge is 2.11. The van der Waals surface area contributed by atoms with Crippen LogP contribution in [0.25, 0.3) is 11.3 Å². The van der Waals surface area contributed by atoms with Crippen molar-refractivity contribution in [1.82, 2.24) is 15.3 Å². The average molecular weight is 454 g/mol. The molecule has 2 aromatic heterocycles. The fourth-order valence-electron chi connectivity index (χ4n) is 3.14. The van der Waals surface area contributed by atoms with E-state index in [1.54, 1.807) is 48.7 Å². The number of hydrogen-bond donors (Lipinski definition) is 3. The maximum atomic E-state index is 12.7. The van der Waals surface area contributed by atoms with Crippen LogP contribution in [0.2, 0.25) is 0 Å². The highest BCUT2D eigenvalue weighted by atomic mass is 16.5. The van der Waals surface area contributed by atoms with Gasteiger partial charge in [0.25, 0.3) is 5.91 Å². The predicted molar refractivity (Wildman–Crippen MR) is 130 cm³/mol. The molecule has 0 radical (unpaired) electrons. The molecule has 0 saturated heterocycles. The van der Waals surface area contributed by atoms with Crippen molar-refractivity contribution in [3.63, 3.8) is 0 Å². The van der Waals surface area contributed by atoms with E-state index >= 15 is 0 Å². The number of nitrogens with two attached hydrogens (primary N) is 1. The number of carbonyl (C=O) groups is 2. The topological polar surface area (TPSA) is 119 Å². The molecular formula is C26H23N5O3. The van der Waals surface area contributed by atoms with Crippen LogP contribution in [0.4, 0.5) is 16.3 Å². The van der Waals surface area contributed by atoms with E-state index in [9.17, 15) is 9.59 Å². The van der Waals surface area contributed by atoms with Gasteiger partial charge in [0.15, 0.2) is 5.82 Å². The number of nitrogens with one attached hydrogen (secondary N) is 2. The number of nitrogens with zero attached hydrogens (tertiary/aromatic N) is 2. The third-order valence-electron chi connectivity index (χ3n) is 4.96. The van der Waals surface area contributed by atoms with Crippen LogP contribution in [-0.2, 0) is 17.9 Å². The second kappa shape index (κ2) is 10.7. The van der Waals surface area contributed by atoms with Crippen LogP contribution >= 0.6 is 0 Å². The summed E-state index contributed by atoms with van der Waals surface area (Å²) in [5.74, 6) is -0.0357. The molecule has 0 saturated carbocycles. The first-order chi connectivity index (χ1) is 16.6. The summed E-state index contributed by atoms with van der Waals surface area (Å²) in [4.78, 5) is 33.2. The lowest BCUT2D eigenvalue weighted by molar-refractivity contribution is 0.102. The number of anilines is 2. The minimum absolute atomic E-state index is 0.0917. The van der Waals surface area contributed by atoms with Gasteiger partial charge in [-0.15, -0.1) is 0 Å². The SMILES string of the molecule is Nc1ccc(-c2ccccc2)nc1NC(=O)c1ccc(CNC(=O)OCc2ccccn2)cc1. The molecule has 0 aliphatic heterocycles. The number of hydrogen-bond acceptors (Lipinski definition) is 6. The largest absolute Gasteiger partial charge is 0.443 e. The molecule has 4 aromatic rings. The molecule has 4 N–H and O–H groups in total. The van der Waals surface area contributed by atoms with Gasteiger partial charge < -0.3 is 21.1 Å². The van der Waals surface area contributed by atoms with Crippen LogP contribution in [0.3, 0.4) is 0 Å². The van der Waals surface area contributed by atoms with Crippen LogP contribution in [-0.4, -0.2) is 22.0 Å². The summed E-state index contributed by atoms with van der Waals surface area (Å²) < 4.78 is 5.14.